The van der Waals surface area contributed by atoms with Gasteiger partial charge in [0.15, 0.2) is 0 Å². The lowest BCUT2D eigenvalue weighted by Crippen LogP contribution is -2.40. The maximum absolute atomic E-state index is 12.5. The number of rotatable bonds is 8. The Morgan fingerprint density at radius 3 is 2.88 bits per heavy atom. The second kappa shape index (κ2) is 7.45. The van der Waals surface area contributed by atoms with Crippen molar-refractivity contribution in [2.75, 3.05) is 33.9 Å². The van der Waals surface area contributed by atoms with E-state index in [4.69, 9.17) is 4.74 Å². The number of fused-ring (bicyclic) bond motifs is 1. The Morgan fingerprint density at radius 2 is 2.19 bits per heavy atom. The van der Waals surface area contributed by atoms with Crippen LogP contribution in [0.4, 0.5) is 0 Å². The van der Waals surface area contributed by atoms with Crippen molar-refractivity contribution in [1.82, 2.24) is 19.6 Å². The van der Waals surface area contributed by atoms with Crippen LogP contribution in [0.2, 0.25) is 0 Å². The van der Waals surface area contributed by atoms with Crippen LogP contribution in [-0.2, 0) is 20.7 Å². The number of methoxy groups -OCH3 is 1. The van der Waals surface area contributed by atoms with Crippen molar-refractivity contribution in [2.24, 2.45) is 5.41 Å². The molecular weight excluding hydrogens is 332 g/mol. The first-order valence-electron chi connectivity index (χ1n) is 8.89. The number of carbonyl (C=O) groups excluding carboxylic acids is 2. The van der Waals surface area contributed by atoms with Gasteiger partial charge in [-0.3, -0.25) is 9.59 Å². The molecule has 2 heterocycles. The summed E-state index contributed by atoms with van der Waals surface area (Å²) in [6.07, 6.45) is 5.69. The lowest BCUT2D eigenvalue weighted by atomic mass is 10.1. The highest BCUT2D eigenvalue weighted by molar-refractivity contribution is 5.85. The van der Waals surface area contributed by atoms with Gasteiger partial charge in [0, 0.05) is 39.6 Å². The van der Waals surface area contributed by atoms with Crippen LogP contribution in [0.15, 0.2) is 24.5 Å². The number of nitrogens with zero attached hydrogens (tertiary/aromatic N) is 3. The number of imidazole rings is 1. The molecule has 0 radical (unpaired) electrons. The van der Waals surface area contributed by atoms with Gasteiger partial charge in [-0.15, -0.1) is 0 Å². The number of likely N-dealkylation sites (N-methyl/N-ethyl adjacent to an activating group) is 1. The first-order chi connectivity index (χ1) is 12.5. The number of ether oxygens (including phenoxy) is 1. The molecule has 2 amide bonds. The van der Waals surface area contributed by atoms with Gasteiger partial charge in [0.25, 0.3) is 0 Å². The minimum atomic E-state index is -0.342. The molecule has 1 fully saturated rings. The molecule has 2 aromatic rings. The molecule has 0 saturated heterocycles. The average Bonchev–Trinajstić information content (AvgIpc) is 3.29. The summed E-state index contributed by atoms with van der Waals surface area (Å²) in [5, 5.41) is 2.92. The minimum absolute atomic E-state index is 0.000539. The molecule has 2 aromatic heterocycles. The van der Waals surface area contributed by atoms with Crippen molar-refractivity contribution in [2.45, 2.75) is 26.2 Å². The van der Waals surface area contributed by atoms with Crippen molar-refractivity contribution < 1.29 is 14.3 Å². The van der Waals surface area contributed by atoms with E-state index in [9.17, 15) is 9.59 Å². The molecule has 26 heavy (non-hydrogen) atoms. The maximum Gasteiger partial charge on any atom is 0.228 e. The summed E-state index contributed by atoms with van der Waals surface area (Å²) in [5.74, 6) is 0.0260. The fourth-order valence-corrected chi connectivity index (χ4v) is 3.14. The van der Waals surface area contributed by atoms with E-state index in [-0.39, 0.29) is 23.7 Å². The highest BCUT2D eigenvalue weighted by Gasteiger charge is 2.49. The van der Waals surface area contributed by atoms with Gasteiger partial charge < -0.3 is 19.4 Å². The molecule has 0 spiro atoms. The molecule has 1 aliphatic carbocycles. The summed E-state index contributed by atoms with van der Waals surface area (Å²) in [6.45, 7) is 3.38. The van der Waals surface area contributed by atoms with Gasteiger partial charge in [-0.2, -0.15) is 0 Å². The molecule has 0 atom stereocenters. The topological polar surface area (TPSA) is 75.9 Å². The van der Waals surface area contributed by atoms with Crippen molar-refractivity contribution in [1.29, 1.82) is 0 Å². The number of carbonyl (C=O) groups is 2. The van der Waals surface area contributed by atoms with Crippen molar-refractivity contribution in [3.8, 4) is 0 Å². The summed E-state index contributed by atoms with van der Waals surface area (Å²) in [7, 11) is 3.37. The van der Waals surface area contributed by atoms with Crippen LogP contribution >= 0.6 is 0 Å². The molecule has 0 aromatic carbocycles. The van der Waals surface area contributed by atoms with Gasteiger partial charge in [0.05, 0.1) is 24.1 Å². The van der Waals surface area contributed by atoms with Gasteiger partial charge in [-0.1, -0.05) is 6.07 Å². The molecule has 1 aliphatic rings. The molecule has 0 aliphatic heterocycles. The first-order valence-corrected chi connectivity index (χ1v) is 8.89. The van der Waals surface area contributed by atoms with Gasteiger partial charge in [-0.05, 0) is 31.4 Å². The van der Waals surface area contributed by atoms with Gasteiger partial charge >= 0.3 is 0 Å². The SMILES string of the molecule is COCC1(C(=O)NCCN(C)C(=O)Cc2cnc3c(C)cccn23)CC1. The molecule has 0 bridgehead atoms. The highest BCUT2D eigenvalue weighted by atomic mass is 16.5. The van der Waals surface area contributed by atoms with E-state index in [0.717, 1.165) is 29.7 Å². The predicted molar refractivity (Wildman–Crippen MR) is 97.8 cm³/mol. The quantitative estimate of drug-likeness (QED) is 0.769. The Balaban J connectivity index is 1.50. The Bertz CT molecular complexity index is 810. The Labute approximate surface area is 153 Å². The molecule has 1 N–H and O–H groups in total. The number of hydrogen-bond donors (Lipinski definition) is 1. The second-order valence-electron chi connectivity index (χ2n) is 7.10. The number of pyridine rings is 1. The standard InChI is InChI=1S/C19H26N4O3/c1-14-5-4-9-23-15(12-21-17(14)23)11-16(24)22(2)10-8-20-18(25)19(6-7-19)13-26-3/h4-5,9,12H,6-8,10-11,13H2,1-3H3,(H,20,25). The normalized spacial score (nSPS) is 15.0. The van der Waals surface area contributed by atoms with Crippen LogP contribution in [0, 0.1) is 12.3 Å². The number of hydrogen-bond acceptors (Lipinski definition) is 4. The zero-order valence-electron chi connectivity index (χ0n) is 15.6. The van der Waals surface area contributed by atoms with Gasteiger partial charge in [0.1, 0.15) is 5.65 Å². The average molecular weight is 358 g/mol. The molecule has 7 heteroatoms. The van der Waals surface area contributed by atoms with Gasteiger partial charge in [0.2, 0.25) is 11.8 Å². The number of aromatic nitrogens is 2. The lowest BCUT2D eigenvalue weighted by molar-refractivity contribution is -0.131. The smallest absolute Gasteiger partial charge is 0.228 e. The van der Waals surface area contributed by atoms with E-state index >= 15 is 0 Å². The summed E-state index contributed by atoms with van der Waals surface area (Å²) >= 11 is 0. The summed E-state index contributed by atoms with van der Waals surface area (Å²) < 4.78 is 7.07. The zero-order chi connectivity index (χ0) is 18.7. The highest BCUT2D eigenvalue weighted by Crippen LogP contribution is 2.45. The van der Waals surface area contributed by atoms with E-state index in [1.54, 1.807) is 25.3 Å². The van der Waals surface area contributed by atoms with Gasteiger partial charge in [-0.25, -0.2) is 4.98 Å². The van der Waals surface area contributed by atoms with E-state index in [1.807, 2.05) is 29.7 Å². The van der Waals surface area contributed by atoms with E-state index in [1.165, 1.54) is 0 Å². The molecule has 0 unspecified atom stereocenters. The number of amides is 2. The largest absolute Gasteiger partial charge is 0.384 e. The van der Waals surface area contributed by atoms with E-state index in [0.29, 0.717) is 19.7 Å². The van der Waals surface area contributed by atoms with E-state index < -0.39 is 0 Å². The Hall–Kier alpha value is -2.41. The monoisotopic (exact) mass is 358 g/mol. The predicted octanol–water partition coefficient (Wildman–Crippen LogP) is 1.19. The molecular formula is C19H26N4O3. The molecule has 140 valence electrons. The van der Waals surface area contributed by atoms with Crippen LogP contribution in [-0.4, -0.2) is 60.0 Å². The third-order valence-electron chi connectivity index (χ3n) is 5.05. The summed E-state index contributed by atoms with van der Waals surface area (Å²) in [6, 6.07) is 3.95. The fourth-order valence-electron chi connectivity index (χ4n) is 3.14. The van der Waals surface area contributed by atoms with Crippen LogP contribution in [0.3, 0.4) is 0 Å². The molecule has 7 nitrogen and oxygen atoms in total. The number of nitrogens with one attached hydrogen (secondary N) is 1. The fraction of sp³-hybridized carbons (Fsp3) is 0.526. The summed E-state index contributed by atoms with van der Waals surface area (Å²) in [4.78, 5) is 30.7. The zero-order valence-corrected chi connectivity index (χ0v) is 15.6. The Kier molecular flexibility index (Phi) is 5.27. The first kappa shape index (κ1) is 18.4. The second-order valence-corrected chi connectivity index (χ2v) is 7.10. The van der Waals surface area contributed by atoms with E-state index in [2.05, 4.69) is 10.3 Å². The number of aryl methyl sites for hydroxylation is 1. The van der Waals surface area contributed by atoms with Crippen LogP contribution in [0.25, 0.3) is 5.65 Å². The third kappa shape index (κ3) is 3.72. The Morgan fingerprint density at radius 1 is 1.42 bits per heavy atom. The molecule has 3 rings (SSSR count). The van der Waals surface area contributed by atoms with Crippen LogP contribution in [0.1, 0.15) is 24.1 Å². The lowest BCUT2D eigenvalue weighted by Gasteiger charge is -2.19. The maximum atomic E-state index is 12.5. The van der Waals surface area contributed by atoms with Crippen molar-refractivity contribution in [3.63, 3.8) is 0 Å². The van der Waals surface area contributed by atoms with Crippen molar-refractivity contribution >= 4 is 17.5 Å². The van der Waals surface area contributed by atoms with Crippen molar-refractivity contribution in [3.05, 3.63) is 35.8 Å². The van der Waals surface area contributed by atoms with Crippen LogP contribution in [0.5, 0.6) is 0 Å². The summed E-state index contributed by atoms with van der Waals surface area (Å²) in [5.41, 5.74) is 2.47. The molecule has 1 saturated carbocycles. The minimum Gasteiger partial charge on any atom is -0.384 e. The third-order valence-corrected chi connectivity index (χ3v) is 5.05. The van der Waals surface area contributed by atoms with Crippen LogP contribution < -0.4 is 5.32 Å².